The first-order valence-corrected chi connectivity index (χ1v) is 8.49. The van der Waals surface area contributed by atoms with Crippen LogP contribution in [0.5, 0.6) is 0 Å². The first-order chi connectivity index (χ1) is 11.5. The standard InChI is InChI=1S/C18H26N2O4/c1-19(13-14-6-4-3-5-7-14)15-8-9-18(23-10-11-24-18)12-16(15)20(2)17(21)22/h3-7,15-16H,8-13H2,1-2H3,(H,21,22). The number of likely N-dealkylation sites (N-methyl/N-ethyl adjacent to an activating group) is 2. The minimum Gasteiger partial charge on any atom is -0.465 e. The Morgan fingerprint density at radius 1 is 1.21 bits per heavy atom. The second-order valence-corrected chi connectivity index (χ2v) is 6.78. The molecule has 2 fully saturated rings. The van der Waals surface area contributed by atoms with E-state index in [0.29, 0.717) is 19.6 Å². The van der Waals surface area contributed by atoms with Crippen molar-refractivity contribution < 1.29 is 19.4 Å². The lowest BCUT2D eigenvalue weighted by molar-refractivity contribution is -0.196. The molecule has 2 aliphatic rings. The van der Waals surface area contributed by atoms with Gasteiger partial charge < -0.3 is 19.5 Å². The molecule has 1 saturated heterocycles. The molecule has 1 aliphatic heterocycles. The highest BCUT2D eigenvalue weighted by molar-refractivity contribution is 5.65. The number of carboxylic acid groups (broad SMARTS) is 1. The molecule has 1 aromatic carbocycles. The minimum absolute atomic E-state index is 0.143. The van der Waals surface area contributed by atoms with Gasteiger partial charge in [-0.1, -0.05) is 30.3 Å². The van der Waals surface area contributed by atoms with E-state index in [2.05, 4.69) is 24.1 Å². The van der Waals surface area contributed by atoms with Crippen LogP contribution in [-0.4, -0.2) is 66.2 Å². The number of hydrogen-bond acceptors (Lipinski definition) is 4. The van der Waals surface area contributed by atoms with Gasteiger partial charge in [-0.15, -0.1) is 0 Å². The first-order valence-electron chi connectivity index (χ1n) is 8.49. The van der Waals surface area contributed by atoms with Crippen molar-refractivity contribution in [1.82, 2.24) is 9.80 Å². The van der Waals surface area contributed by atoms with Gasteiger partial charge in [0.2, 0.25) is 0 Å². The van der Waals surface area contributed by atoms with Crippen LogP contribution in [0.15, 0.2) is 30.3 Å². The molecule has 6 nitrogen and oxygen atoms in total. The van der Waals surface area contributed by atoms with Gasteiger partial charge in [0, 0.05) is 32.5 Å². The number of nitrogens with zero attached hydrogens (tertiary/aromatic N) is 2. The molecule has 1 saturated carbocycles. The van der Waals surface area contributed by atoms with Crippen molar-refractivity contribution in [2.75, 3.05) is 27.3 Å². The summed E-state index contributed by atoms with van der Waals surface area (Å²) >= 11 is 0. The van der Waals surface area contributed by atoms with Crippen LogP contribution in [0.2, 0.25) is 0 Å². The van der Waals surface area contributed by atoms with Crippen LogP contribution in [0.3, 0.4) is 0 Å². The van der Waals surface area contributed by atoms with Crippen molar-refractivity contribution in [3.63, 3.8) is 0 Å². The largest absolute Gasteiger partial charge is 0.465 e. The highest BCUT2D eigenvalue weighted by Crippen LogP contribution is 2.39. The molecule has 132 valence electrons. The SMILES string of the molecule is CN(Cc1ccccc1)C1CCC2(CC1N(C)C(=O)O)OCCO2. The van der Waals surface area contributed by atoms with Crippen molar-refractivity contribution in [3.05, 3.63) is 35.9 Å². The molecule has 1 amide bonds. The summed E-state index contributed by atoms with van der Waals surface area (Å²) in [6, 6.07) is 10.2. The third-order valence-electron chi connectivity index (χ3n) is 5.24. The second kappa shape index (κ2) is 7.09. The van der Waals surface area contributed by atoms with Gasteiger partial charge in [0.1, 0.15) is 0 Å². The Kier molecular flexibility index (Phi) is 5.08. The zero-order chi connectivity index (χ0) is 17.2. The first kappa shape index (κ1) is 17.2. The Balaban J connectivity index is 1.75. The number of ether oxygens (including phenoxy) is 2. The summed E-state index contributed by atoms with van der Waals surface area (Å²) in [5, 5.41) is 9.48. The Hall–Kier alpha value is -1.63. The van der Waals surface area contributed by atoms with Gasteiger partial charge in [-0.2, -0.15) is 0 Å². The molecule has 0 radical (unpaired) electrons. The summed E-state index contributed by atoms with van der Waals surface area (Å²) < 4.78 is 11.7. The van der Waals surface area contributed by atoms with Crippen LogP contribution >= 0.6 is 0 Å². The van der Waals surface area contributed by atoms with Crippen molar-refractivity contribution in [2.45, 2.75) is 43.7 Å². The summed E-state index contributed by atoms with van der Waals surface area (Å²) in [6.07, 6.45) is 1.33. The van der Waals surface area contributed by atoms with E-state index in [1.807, 2.05) is 18.2 Å². The van der Waals surface area contributed by atoms with Crippen molar-refractivity contribution in [1.29, 1.82) is 0 Å². The molecule has 1 aliphatic carbocycles. The lowest BCUT2D eigenvalue weighted by Crippen LogP contribution is -2.58. The van der Waals surface area contributed by atoms with E-state index in [0.717, 1.165) is 19.4 Å². The molecule has 1 N–H and O–H groups in total. The lowest BCUT2D eigenvalue weighted by Gasteiger charge is -2.47. The van der Waals surface area contributed by atoms with Gasteiger partial charge in [-0.05, 0) is 19.0 Å². The smallest absolute Gasteiger partial charge is 0.407 e. The zero-order valence-corrected chi connectivity index (χ0v) is 14.4. The topological polar surface area (TPSA) is 62.2 Å². The molecule has 0 aromatic heterocycles. The second-order valence-electron chi connectivity index (χ2n) is 6.78. The third-order valence-corrected chi connectivity index (χ3v) is 5.24. The van der Waals surface area contributed by atoms with Crippen LogP contribution in [0.25, 0.3) is 0 Å². The molecule has 2 unspecified atom stereocenters. The predicted molar refractivity (Wildman–Crippen MR) is 89.8 cm³/mol. The number of rotatable bonds is 4. The Morgan fingerprint density at radius 2 is 1.88 bits per heavy atom. The molecule has 2 atom stereocenters. The van der Waals surface area contributed by atoms with Gasteiger partial charge in [-0.3, -0.25) is 4.90 Å². The molecule has 0 bridgehead atoms. The fourth-order valence-corrected chi connectivity index (χ4v) is 3.92. The van der Waals surface area contributed by atoms with Gasteiger partial charge in [0.15, 0.2) is 5.79 Å². The van der Waals surface area contributed by atoms with E-state index < -0.39 is 11.9 Å². The van der Waals surface area contributed by atoms with E-state index in [4.69, 9.17) is 9.47 Å². The Labute approximate surface area is 143 Å². The van der Waals surface area contributed by atoms with E-state index in [1.165, 1.54) is 10.5 Å². The van der Waals surface area contributed by atoms with Gasteiger partial charge in [0.05, 0.1) is 19.3 Å². The monoisotopic (exact) mass is 334 g/mol. The predicted octanol–water partition coefficient (Wildman–Crippen LogP) is 2.39. The molecule has 1 heterocycles. The Bertz CT molecular complexity index is 559. The van der Waals surface area contributed by atoms with E-state index in [1.54, 1.807) is 7.05 Å². The number of benzene rings is 1. The average Bonchev–Trinajstić information content (AvgIpc) is 3.02. The van der Waals surface area contributed by atoms with Crippen LogP contribution in [0.1, 0.15) is 24.8 Å². The quantitative estimate of drug-likeness (QED) is 0.916. The average molecular weight is 334 g/mol. The fourth-order valence-electron chi connectivity index (χ4n) is 3.92. The fraction of sp³-hybridized carbons (Fsp3) is 0.611. The van der Waals surface area contributed by atoms with Crippen LogP contribution < -0.4 is 0 Å². The van der Waals surface area contributed by atoms with E-state index in [-0.39, 0.29) is 12.1 Å². The van der Waals surface area contributed by atoms with E-state index in [9.17, 15) is 9.90 Å². The van der Waals surface area contributed by atoms with Gasteiger partial charge in [-0.25, -0.2) is 4.79 Å². The molecular formula is C18H26N2O4. The zero-order valence-electron chi connectivity index (χ0n) is 14.4. The van der Waals surface area contributed by atoms with Crippen LogP contribution in [0, 0.1) is 0 Å². The highest BCUT2D eigenvalue weighted by Gasteiger charge is 2.48. The Morgan fingerprint density at radius 3 is 2.50 bits per heavy atom. The lowest BCUT2D eigenvalue weighted by atomic mass is 9.84. The van der Waals surface area contributed by atoms with Crippen LogP contribution in [-0.2, 0) is 16.0 Å². The molecule has 1 spiro atoms. The molecule has 1 aromatic rings. The highest BCUT2D eigenvalue weighted by atomic mass is 16.7. The minimum atomic E-state index is -0.909. The third kappa shape index (κ3) is 3.55. The maximum atomic E-state index is 11.6. The van der Waals surface area contributed by atoms with E-state index >= 15 is 0 Å². The van der Waals surface area contributed by atoms with Gasteiger partial charge >= 0.3 is 6.09 Å². The maximum Gasteiger partial charge on any atom is 0.407 e. The summed E-state index contributed by atoms with van der Waals surface area (Å²) in [6.45, 7) is 1.98. The molecule has 3 rings (SSSR count). The molecule has 24 heavy (non-hydrogen) atoms. The number of carbonyl (C=O) groups is 1. The van der Waals surface area contributed by atoms with Crippen molar-refractivity contribution in [2.24, 2.45) is 0 Å². The molecule has 6 heteroatoms. The van der Waals surface area contributed by atoms with Crippen molar-refractivity contribution in [3.8, 4) is 0 Å². The molecular weight excluding hydrogens is 308 g/mol. The number of hydrogen-bond donors (Lipinski definition) is 1. The normalized spacial score (nSPS) is 26.0. The summed E-state index contributed by atoms with van der Waals surface area (Å²) in [5.41, 5.74) is 1.23. The summed E-state index contributed by atoms with van der Waals surface area (Å²) in [7, 11) is 3.71. The van der Waals surface area contributed by atoms with Gasteiger partial charge in [0.25, 0.3) is 0 Å². The maximum absolute atomic E-state index is 11.6. The summed E-state index contributed by atoms with van der Waals surface area (Å²) in [5.74, 6) is -0.599. The summed E-state index contributed by atoms with van der Waals surface area (Å²) in [4.78, 5) is 15.2. The van der Waals surface area contributed by atoms with Crippen molar-refractivity contribution >= 4 is 6.09 Å². The number of amides is 1. The van der Waals surface area contributed by atoms with Crippen LogP contribution in [0.4, 0.5) is 4.79 Å².